The maximum absolute atomic E-state index is 12.3. The van der Waals surface area contributed by atoms with Gasteiger partial charge in [0.25, 0.3) is 0 Å². The van der Waals surface area contributed by atoms with Crippen molar-refractivity contribution in [3.05, 3.63) is 30.1 Å². The molecule has 156 valence electrons. The van der Waals surface area contributed by atoms with E-state index in [9.17, 15) is 4.79 Å². The summed E-state index contributed by atoms with van der Waals surface area (Å²) in [7, 11) is 3.66. The number of rotatable bonds is 8. The highest BCUT2D eigenvalue weighted by atomic mass is 16.5. The third-order valence-corrected chi connectivity index (χ3v) is 4.81. The Kier molecular flexibility index (Phi) is 7.18. The molecule has 0 atom stereocenters. The molecule has 2 heterocycles. The van der Waals surface area contributed by atoms with Crippen molar-refractivity contribution >= 4 is 23.5 Å². The van der Waals surface area contributed by atoms with E-state index in [-0.39, 0.29) is 18.5 Å². The van der Waals surface area contributed by atoms with Gasteiger partial charge in [0.1, 0.15) is 12.4 Å². The average Bonchev–Trinajstić information content (AvgIpc) is 2.71. The van der Waals surface area contributed by atoms with Gasteiger partial charge in [0.2, 0.25) is 17.8 Å². The van der Waals surface area contributed by atoms with E-state index in [0.717, 1.165) is 32.4 Å². The summed E-state index contributed by atoms with van der Waals surface area (Å²) in [6.07, 6.45) is 3.76. The lowest BCUT2D eigenvalue weighted by atomic mass is 9.93. The van der Waals surface area contributed by atoms with Gasteiger partial charge < -0.3 is 26.0 Å². The summed E-state index contributed by atoms with van der Waals surface area (Å²) in [5.41, 5.74) is 6.44. The molecule has 1 saturated heterocycles. The van der Waals surface area contributed by atoms with Crippen LogP contribution in [0.15, 0.2) is 24.3 Å². The van der Waals surface area contributed by atoms with E-state index in [1.165, 1.54) is 0 Å². The van der Waals surface area contributed by atoms with Gasteiger partial charge in [-0.2, -0.15) is 15.0 Å². The summed E-state index contributed by atoms with van der Waals surface area (Å²) in [6, 6.07) is 7.30. The topological polar surface area (TPSA) is 118 Å². The van der Waals surface area contributed by atoms with Crippen LogP contribution in [0.4, 0.5) is 17.6 Å². The molecule has 1 fully saturated rings. The third-order valence-electron chi connectivity index (χ3n) is 4.81. The second kappa shape index (κ2) is 10.0. The highest BCUT2D eigenvalue weighted by Crippen LogP contribution is 2.21. The molecule has 0 aliphatic carbocycles. The molecule has 2 aromatic rings. The maximum Gasteiger partial charge on any atom is 0.230 e. The number of nitrogens with two attached hydrogens (primary N) is 1. The number of hydrogen-bond donors (Lipinski definition) is 3. The predicted octanol–water partition coefficient (Wildman–Crippen LogP) is 1.82. The largest absolute Gasteiger partial charge is 0.486 e. The van der Waals surface area contributed by atoms with Crippen molar-refractivity contribution in [1.82, 2.24) is 20.3 Å². The summed E-state index contributed by atoms with van der Waals surface area (Å²) in [5, 5.41) is 6.30. The molecule has 0 bridgehead atoms. The van der Waals surface area contributed by atoms with Gasteiger partial charge in [0, 0.05) is 32.3 Å². The fraction of sp³-hybridized carbons (Fsp3) is 0.500. The van der Waals surface area contributed by atoms with Crippen LogP contribution in [0.1, 0.15) is 31.5 Å². The van der Waals surface area contributed by atoms with Crippen molar-refractivity contribution < 1.29 is 9.53 Å². The molecule has 9 heteroatoms. The van der Waals surface area contributed by atoms with E-state index in [1.807, 2.05) is 32.3 Å². The van der Waals surface area contributed by atoms with Crippen LogP contribution in [0.25, 0.3) is 0 Å². The number of ether oxygens (including phenoxy) is 1. The average molecular weight is 399 g/mol. The monoisotopic (exact) mass is 399 g/mol. The highest BCUT2D eigenvalue weighted by Gasteiger charge is 2.14. The first-order valence-corrected chi connectivity index (χ1v) is 9.91. The zero-order valence-corrected chi connectivity index (χ0v) is 17.0. The number of anilines is 3. The van der Waals surface area contributed by atoms with E-state index < -0.39 is 0 Å². The lowest BCUT2D eigenvalue weighted by Gasteiger charge is -2.22. The summed E-state index contributed by atoms with van der Waals surface area (Å²) < 4.78 is 5.77. The van der Waals surface area contributed by atoms with Gasteiger partial charge in [-0.15, -0.1) is 0 Å². The molecule has 1 aliphatic heterocycles. The Bertz CT molecular complexity index is 822. The number of carbonyl (C=O) groups is 1. The molecule has 1 aromatic heterocycles. The van der Waals surface area contributed by atoms with E-state index in [1.54, 1.807) is 11.0 Å². The van der Waals surface area contributed by atoms with Gasteiger partial charge in [-0.1, -0.05) is 6.07 Å². The number of carbonyl (C=O) groups excluding carboxylic acids is 1. The lowest BCUT2D eigenvalue weighted by Crippen LogP contribution is -2.28. The normalized spacial score (nSPS) is 14.4. The Labute approximate surface area is 171 Å². The smallest absolute Gasteiger partial charge is 0.230 e. The molecule has 4 N–H and O–H groups in total. The summed E-state index contributed by atoms with van der Waals surface area (Å²) in [4.78, 5) is 26.5. The van der Waals surface area contributed by atoms with Crippen LogP contribution in [0, 0.1) is 5.92 Å². The van der Waals surface area contributed by atoms with E-state index in [0.29, 0.717) is 35.5 Å². The molecule has 1 amide bonds. The van der Waals surface area contributed by atoms with Crippen molar-refractivity contribution in [2.75, 3.05) is 43.1 Å². The van der Waals surface area contributed by atoms with Crippen molar-refractivity contribution in [2.45, 2.75) is 32.3 Å². The standard InChI is InChI=1S/C20H29N7O2/c1-27(2)20-25-17(24-19(21)26-20)13-29-16-5-3-4-15(12-16)23-18(28)7-6-14-8-10-22-11-9-14/h3-5,12,14,22H,6-11,13H2,1-2H3,(H,23,28)(H2,21,24,25,26). The maximum atomic E-state index is 12.3. The molecule has 0 saturated carbocycles. The molecular formula is C20H29N7O2. The van der Waals surface area contributed by atoms with Crippen LogP contribution >= 0.6 is 0 Å². The molecule has 0 spiro atoms. The zero-order valence-electron chi connectivity index (χ0n) is 17.0. The van der Waals surface area contributed by atoms with Crippen molar-refractivity contribution in [2.24, 2.45) is 5.92 Å². The van der Waals surface area contributed by atoms with Crippen molar-refractivity contribution in [3.8, 4) is 5.75 Å². The Morgan fingerprint density at radius 2 is 2.07 bits per heavy atom. The molecule has 29 heavy (non-hydrogen) atoms. The van der Waals surface area contributed by atoms with Gasteiger partial charge in [0.05, 0.1) is 0 Å². The van der Waals surface area contributed by atoms with Crippen LogP contribution in [0.2, 0.25) is 0 Å². The molecule has 9 nitrogen and oxygen atoms in total. The van der Waals surface area contributed by atoms with Crippen LogP contribution < -0.4 is 26.0 Å². The second-order valence-corrected chi connectivity index (χ2v) is 7.40. The van der Waals surface area contributed by atoms with E-state index in [4.69, 9.17) is 10.5 Å². The first-order chi connectivity index (χ1) is 14.0. The predicted molar refractivity (Wildman–Crippen MR) is 113 cm³/mol. The van der Waals surface area contributed by atoms with Crippen LogP contribution in [0.5, 0.6) is 5.75 Å². The first kappa shape index (κ1) is 20.8. The molecule has 1 aromatic carbocycles. The molecule has 0 unspecified atom stereocenters. The van der Waals surface area contributed by atoms with E-state index in [2.05, 4.69) is 25.6 Å². The number of hydrogen-bond acceptors (Lipinski definition) is 8. The second-order valence-electron chi connectivity index (χ2n) is 7.40. The Morgan fingerprint density at radius 1 is 1.28 bits per heavy atom. The van der Waals surface area contributed by atoms with Crippen molar-refractivity contribution in [1.29, 1.82) is 0 Å². The van der Waals surface area contributed by atoms with Crippen LogP contribution in [-0.2, 0) is 11.4 Å². The number of nitrogens with one attached hydrogen (secondary N) is 2. The van der Waals surface area contributed by atoms with Gasteiger partial charge in [-0.3, -0.25) is 4.79 Å². The minimum Gasteiger partial charge on any atom is -0.486 e. The number of nitrogens with zero attached hydrogens (tertiary/aromatic N) is 4. The molecule has 1 aliphatic rings. The number of benzene rings is 1. The SMILES string of the molecule is CN(C)c1nc(N)nc(COc2cccc(NC(=O)CCC3CCNCC3)c2)n1. The number of nitrogen functional groups attached to an aromatic ring is 1. The van der Waals surface area contributed by atoms with Crippen LogP contribution in [0.3, 0.4) is 0 Å². The quantitative estimate of drug-likeness (QED) is 0.615. The molecular weight excluding hydrogens is 370 g/mol. The Hall–Kier alpha value is -2.94. The Morgan fingerprint density at radius 3 is 2.83 bits per heavy atom. The minimum atomic E-state index is 0.0292. The van der Waals surface area contributed by atoms with Gasteiger partial charge in [-0.25, -0.2) is 0 Å². The van der Waals surface area contributed by atoms with Gasteiger partial charge in [-0.05, 0) is 50.4 Å². The number of amides is 1. The third kappa shape index (κ3) is 6.56. The fourth-order valence-corrected chi connectivity index (χ4v) is 3.23. The minimum absolute atomic E-state index is 0.0292. The lowest BCUT2D eigenvalue weighted by molar-refractivity contribution is -0.116. The summed E-state index contributed by atoms with van der Waals surface area (Å²) >= 11 is 0. The Balaban J connectivity index is 1.52. The number of aromatic nitrogens is 3. The zero-order chi connectivity index (χ0) is 20.6. The summed E-state index contributed by atoms with van der Waals surface area (Å²) in [6.45, 7) is 2.25. The fourth-order valence-electron chi connectivity index (χ4n) is 3.23. The van der Waals surface area contributed by atoms with Gasteiger partial charge >= 0.3 is 0 Å². The summed E-state index contributed by atoms with van der Waals surface area (Å²) in [5.74, 6) is 2.35. The van der Waals surface area contributed by atoms with Crippen LogP contribution in [-0.4, -0.2) is 48.0 Å². The van der Waals surface area contributed by atoms with Crippen molar-refractivity contribution in [3.63, 3.8) is 0 Å². The van der Waals surface area contributed by atoms with E-state index >= 15 is 0 Å². The molecule has 3 rings (SSSR count). The number of piperidine rings is 1. The highest BCUT2D eigenvalue weighted by molar-refractivity contribution is 5.90. The first-order valence-electron chi connectivity index (χ1n) is 9.91. The molecule has 0 radical (unpaired) electrons. The van der Waals surface area contributed by atoms with Gasteiger partial charge in [0.15, 0.2) is 5.82 Å².